The number of fused-ring (bicyclic) bond motifs is 18. The summed E-state index contributed by atoms with van der Waals surface area (Å²) in [4.78, 5) is 11.2. The second-order valence-electron chi connectivity index (χ2n) is 27.2. The summed E-state index contributed by atoms with van der Waals surface area (Å²) >= 11 is 0. The average Bonchev–Trinajstić information content (AvgIpc) is 1.55. The van der Waals surface area contributed by atoms with Gasteiger partial charge in [0.25, 0.3) is 0 Å². The Morgan fingerprint density at radius 3 is 0.683 bits per heavy atom. The number of rotatable bonds is 9. The zero-order valence-corrected chi connectivity index (χ0v) is 55.9. The van der Waals surface area contributed by atoms with Gasteiger partial charge in [-0.05, 0) is 140 Å². The van der Waals surface area contributed by atoms with Crippen LogP contribution in [0.25, 0.3) is 199 Å². The van der Waals surface area contributed by atoms with Crippen LogP contribution in [-0.4, -0.2) is 37.4 Å². The van der Waals surface area contributed by atoms with Crippen LogP contribution in [0, 0.1) is 11.3 Å². The highest BCUT2D eigenvalue weighted by atomic mass is 15.1. The Kier molecular flexibility index (Phi) is 12.4. The molecule has 0 aliphatic rings. The topological polar surface area (TPSA) is 79.2 Å². The van der Waals surface area contributed by atoms with Gasteiger partial charge in [-0.2, -0.15) is 5.26 Å². The Morgan fingerprint density at radius 1 is 0.202 bits per heavy atom. The van der Waals surface area contributed by atoms with E-state index in [0.29, 0.717) is 22.8 Å². The number of benzene rings is 15. The van der Waals surface area contributed by atoms with E-state index in [4.69, 9.17) is 9.97 Å². The molecule has 7 aromatic heterocycles. The molecule has 0 amide bonds. The van der Waals surface area contributed by atoms with Crippen molar-refractivity contribution in [3.05, 3.63) is 351 Å². The first-order chi connectivity index (χ1) is 51.6. The molecule has 9 nitrogen and oxygen atoms in total. The molecular formula is C95H57N9. The molecule has 0 unspecified atom stereocenters. The van der Waals surface area contributed by atoms with Gasteiger partial charge in [0.15, 0.2) is 5.82 Å². The third kappa shape index (κ3) is 8.42. The van der Waals surface area contributed by atoms with Crippen molar-refractivity contribution in [3.8, 4) is 74.1 Å². The zero-order chi connectivity index (χ0) is 68.3. The number of para-hydroxylation sites is 8. The molecule has 0 bridgehead atoms. The molecule has 0 radical (unpaired) electrons. The van der Waals surface area contributed by atoms with E-state index in [2.05, 4.69) is 367 Å². The van der Waals surface area contributed by atoms with Gasteiger partial charge in [-0.25, -0.2) is 9.97 Å². The van der Waals surface area contributed by atoms with E-state index in [9.17, 15) is 5.26 Å². The first-order valence-corrected chi connectivity index (χ1v) is 35.3. The maximum atomic E-state index is 12.7. The van der Waals surface area contributed by atoms with Crippen LogP contribution >= 0.6 is 0 Å². The van der Waals surface area contributed by atoms with Crippen LogP contribution in [0.3, 0.4) is 0 Å². The third-order valence-corrected chi connectivity index (χ3v) is 21.6. The zero-order valence-electron chi connectivity index (χ0n) is 55.9. The molecule has 15 aromatic carbocycles. The quantitative estimate of drug-likeness (QED) is 0.144. The maximum absolute atomic E-state index is 12.7. The average molecular weight is 1320 g/mol. The summed E-state index contributed by atoms with van der Waals surface area (Å²) in [7, 11) is 0. The molecule has 0 spiro atoms. The lowest BCUT2D eigenvalue weighted by molar-refractivity contribution is 1.10. The minimum atomic E-state index is 0.477. The van der Waals surface area contributed by atoms with Crippen molar-refractivity contribution in [1.29, 1.82) is 5.26 Å². The van der Waals surface area contributed by atoms with E-state index < -0.39 is 0 Å². The van der Waals surface area contributed by atoms with Crippen molar-refractivity contribution in [3.63, 3.8) is 0 Å². The SMILES string of the molecule is N#Cc1c(-n2c3ccc(-n4c5ccccc5c5ccccc54)cc3c3cc(-n4c5ccccc5c5ccccc54)ccc32)cc(-c2nc(-c3ccccc3)cc(-c3ccccc3)n2)cc1-n1c2ccc(-n3c4ccccc4c4ccccc43)cc2c2cc(-n3c4ccccc4c4ccccc43)ccc21. The number of nitrogens with zero attached hydrogens (tertiary/aromatic N) is 9. The fraction of sp³-hybridized carbons (Fsp3) is 0. The van der Waals surface area contributed by atoms with Gasteiger partial charge < -0.3 is 27.4 Å². The summed E-state index contributed by atoms with van der Waals surface area (Å²) in [6.45, 7) is 0. The summed E-state index contributed by atoms with van der Waals surface area (Å²) in [5.41, 5.74) is 22.8. The Morgan fingerprint density at radius 2 is 0.433 bits per heavy atom. The van der Waals surface area contributed by atoms with Crippen LogP contribution in [0.2, 0.25) is 0 Å². The molecule has 0 fully saturated rings. The molecule has 0 atom stereocenters. The van der Waals surface area contributed by atoms with E-state index in [0.717, 1.165) is 139 Å². The molecule has 0 saturated heterocycles. The highest BCUT2D eigenvalue weighted by molar-refractivity contribution is 6.17. The minimum Gasteiger partial charge on any atom is -0.309 e. The summed E-state index contributed by atoms with van der Waals surface area (Å²) in [6, 6.07) is 127. The standard InChI is InChI=1S/C95H57N9/c96-58-78-93(103-89-47-43-62(99-81-35-15-7-27-66(81)67-28-8-16-36-82(67)99)53-74(89)75-54-63(44-48-90(75)103)100-83-37-17-9-29-68(83)69-30-10-18-38-84(69)100)51-61(95-97-79(59-23-3-1-4-24-59)57-80(98-95)60-25-5-2-6-26-60)52-94(78)104-91-49-45-64(101-85-39-19-11-31-70(85)71-32-12-20-40-86(71)101)55-76(91)77-56-65(46-50-92(77)104)102-87-41-21-13-33-72(87)73-34-14-22-42-88(73)102/h1-57H. The Labute approximate surface area is 595 Å². The molecule has 9 heteroatoms. The number of hydrogen-bond donors (Lipinski definition) is 0. The molecule has 22 aromatic rings. The van der Waals surface area contributed by atoms with Gasteiger partial charge >= 0.3 is 0 Å². The lowest BCUT2D eigenvalue weighted by Gasteiger charge is -2.19. The van der Waals surface area contributed by atoms with E-state index in [1.54, 1.807) is 0 Å². The smallest absolute Gasteiger partial charge is 0.160 e. The summed E-state index contributed by atoms with van der Waals surface area (Å²) in [6.07, 6.45) is 0. The molecule has 0 aliphatic heterocycles. The molecule has 0 N–H and O–H groups in total. The summed E-state index contributed by atoms with van der Waals surface area (Å²) < 4.78 is 14.2. The van der Waals surface area contributed by atoms with Gasteiger partial charge in [0.05, 0.1) is 89.0 Å². The Balaban J connectivity index is 0.868. The molecule has 104 heavy (non-hydrogen) atoms. The fourth-order valence-corrected chi connectivity index (χ4v) is 17.2. The van der Waals surface area contributed by atoms with Gasteiger partial charge in [-0.15, -0.1) is 0 Å². The van der Waals surface area contributed by atoms with Crippen molar-refractivity contribution in [2.24, 2.45) is 0 Å². The Bertz CT molecular complexity index is 6450. The van der Waals surface area contributed by atoms with E-state index in [1.807, 2.05) is 12.1 Å². The van der Waals surface area contributed by atoms with Gasteiger partial charge in [0, 0.05) is 104 Å². The highest BCUT2D eigenvalue weighted by Gasteiger charge is 2.27. The van der Waals surface area contributed by atoms with Gasteiger partial charge in [0.1, 0.15) is 11.6 Å². The highest BCUT2D eigenvalue weighted by Crippen LogP contribution is 2.46. The molecule has 22 rings (SSSR count). The van der Waals surface area contributed by atoms with E-state index in [1.165, 1.54) is 43.1 Å². The Hall–Kier alpha value is -14.3. The number of aromatic nitrogens is 8. The predicted octanol–water partition coefficient (Wildman–Crippen LogP) is 23.9. The second-order valence-corrected chi connectivity index (χ2v) is 27.2. The fourth-order valence-electron chi connectivity index (χ4n) is 17.2. The second kappa shape index (κ2) is 22.3. The van der Waals surface area contributed by atoms with Gasteiger partial charge in [-0.3, -0.25) is 0 Å². The lowest BCUT2D eigenvalue weighted by Crippen LogP contribution is -2.06. The number of nitriles is 1. The summed E-state index contributed by atoms with van der Waals surface area (Å²) in [5.74, 6) is 0.517. The van der Waals surface area contributed by atoms with Gasteiger partial charge in [-0.1, -0.05) is 206 Å². The van der Waals surface area contributed by atoms with Crippen molar-refractivity contribution in [2.45, 2.75) is 0 Å². The van der Waals surface area contributed by atoms with Gasteiger partial charge in [0.2, 0.25) is 0 Å². The lowest BCUT2D eigenvalue weighted by atomic mass is 10.0. The normalized spacial score (nSPS) is 12.0. The van der Waals surface area contributed by atoms with E-state index in [-0.39, 0.29) is 0 Å². The molecule has 0 aliphatic carbocycles. The monoisotopic (exact) mass is 1320 g/mol. The molecule has 7 heterocycles. The number of hydrogen-bond acceptors (Lipinski definition) is 3. The van der Waals surface area contributed by atoms with E-state index >= 15 is 0 Å². The van der Waals surface area contributed by atoms with Crippen LogP contribution in [0.15, 0.2) is 346 Å². The molecule has 0 saturated carbocycles. The molecular weight excluding hydrogens is 1270 g/mol. The largest absolute Gasteiger partial charge is 0.309 e. The van der Waals surface area contributed by atoms with Crippen molar-refractivity contribution >= 4 is 131 Å². The first-order valence-electron chi connectivity index (χ1n) is 35.3. The molecule has 482 valence electrons. The van der Waals surface area contributed by atoms with Crippen LogP contribution in [0.5, 0.6) is 0 Å². The van der Waals surface area contributed by atoms with Crippen molar-refractivity contribution < 1.29 is 0 Å². The summed E-state index contributed by atoms with van der Waals surface area (Å²) in [5, 5.41) is 26.3. The van der Waals surface area contributed by atoms with Crippen LogP contribution in [0.1, 0.15) is 5.56 Å². The predicted molar refractivity (Wildman–Crippen MR) is 429 cm³/mol. The first kappa shape index (κ1) is 57.6. The van der Waals surface area contributed by atoms with Crippen LogP contribution in [0.4, 0.5) is 0 Å². The minimum absolute atomic E-state index is 0.477. The maximum Gasteiger partial charge on any atom is 0.160 e. The third-order valence-electron chi connectivity index (χ3n) is 21.6. The van der Waals surface area contributed by atoms with Crippen molar-refractivity contribution in [2.75, 3.05) is 0 Å². The van der Waals surface area contributed by atoms with Crippen LogP contribution in [-0.2, 0) is 0 Å². The van der Waals surface area contributed by atoms with Crippen molar-refractivity contribution in [1.82, 2.24) is 37.4 Å². The van der Waals surface area contributed by atoms with Crippen LogP contribution < -0.4 is 0 Å².